The van der Waals surface area contributed by atoms with Gasteiger partial charge in [-0.1, -0.05) is 0 Å². The average Bonchev–Trinajstić information content (AvgIpc) is 2.67. The minimum absolute atomic E-state index is 0.0335. The smallest absolute Gasteiger partial charge is 0.410 e. The molecule has 0 N–H and O–H groups in total. The number of nitrogens with zero attached hydrogens (tertiary/aromatic N) is 5. The molecule has 2 fully saturated rings. The number of rotatable bonds is 2. The molecular weight excluding hydrogens is 346 g/mol. The quantitative estimate of drug-likeness (QED) is 0.784. The third kappa shape index (κ3) is 5.08. The first kappa shape index (κ1) is 19.4. The largest absolute Gasteiger partial charge is 0.444 e. The van der Waals surface area contributed by atoms with Crippen LogP contribution in [0.3, 0.4) is 0 Å². The van der Waals surface area contributed by atoms with Crippen molar-refractivity contribution in [3.63, 3.8) is 0 Å². The van der Waals surface area contributed by atoms with Crippen molar-refractivity contribution in [1.29, 1.82) is 0 Å². The molecule has 0 bridgehead atoms. The molecule has 2 aliphatic rings. The van der Waals surface area contributed by atoms with Crippen LogP contribution in [-0.4, -0.2) is 76.6 Å². The molecule has 148 valence electrons. The van der Waals surface area contributed by atoms with Crippen LogP contribution in [-0.2, 0) is 9.53 Å². The normalized spacial score (nSPS) is 21.1. The fraction of sp³-hybridized carbons (Fsp3) is 0.684. The number of anilines is 1. The number of carbonyl (C=O) groups excluding carboxylic acids is 2. The van der Waals surface area contributed by atoms with Crippen LogP contribution in [0.4, 0.5) is 10.6 Å². The van der Waals surface area contributed by atoms with E-state index in [0.29, 0.717) is 32.7 Å². The van der Waals surface area contributed by atoms with Crippen molar-refractivity contribution in [3.8, 4) is 0 Å². The van der Waals surface area contributed by atoms with Gasteiger partial charge in [0.25, 0.3) is 0 Å². The van der Waals surface area contributed by atoms with Crippen molar-refractivity contribution >= 4 is 17.8 Å². The van der Waals surface area contributed by atoms with Gasteiger partial charge in [-0.3, -0.25) is 9.78 Å². The molecule has 0 aromatic carbocycles. The summed E-state index contributed by atoms with van der Waals surface area (Å²) in [6, 6.07) is 0. The second-order valence-electron chi connectivity index (χ2n) is 8.14. The molecular formula is C19H29N5O3. The molecule has 2 aliphatic heterocycles. The van der Waals surface area contributed by atoms with Gasteiger partial charge in [-0.2, -0.15) is 0 Å². The van der Waals surface area contributed by atoms with Crippen molar-refractivity contribution in [2.24, 2.45) is 5.92 Å². The molecule has 0 spiro atoms. The molecule has 2 amide bonds. The fourth-order valence-corrected chi connectivity index (χ4v) is 3.54. The standard InChI is InChI=1S/C19H29N5O3/c1-19(2,3)27-18(26)23-11-9-22(10-12-23)17(25)15-5-4-8-24(14-15)16-13-20-6-7-21-16/h6-7,13,15H,4-5,8-12,14H2,1-3H3. The third-order valence-corrected chi connectivity index (χ3v) is 4.89. The van der Waals surface area contributed by atoms with Gasteiger partial charge >= 0.3 is 6.09 Å². The molecule has 2 saturated heterocycles. The first-order chi connectivity index (χ1) is 12.8. The lowest BCUT2D eigenvalue weighted by Crippen LogP contribution is -2.54. The van der Waals surface area contributed by atoms with E-state index >= 15 is 0 Å². The number of piperazine rings is 1. The lowest BCUT2D eigenvalue weighted by atomic mass is 9.96. The van der Waals surface area contributed by atoms with E-state index in [2.05, 4.69) is 14.9 Å². The van der Waals surface area contributed by atoms with Gasteiger partial charge in [0.2, 0.25) is 5.91 Å². The molecule has 0 saturated carbocycles. The number of amides is 2. The second-order valence-corrected chi connectivity index (χ2v) is 8.14. The molecule has 1 atom stereocenters. The van der Waals surface area contributed by atoms with E-state index in [9.17, 15) is 9.59 Å². The van der Waals surface area contributed by atoms with Crippen molar-refractivity contribution in [1.82, 2.24) is 19.8 Å². The molecule has 0 radical (unpaired) electrons. The zero-order valence-corrected chi connectivity index (χ0v) is 16.4. The van der Waals surface area contributed by atoms with Crippen molar-refractivity contribution < 1.29 is 14.3 Å². The van der Waals surface area contributed by atoms with Gasteiger partial charge in [-0.25, -0.2) is 9.78 Å². The number of aromatic nitrogens is 2. The molecule has 1 unspecified atom stereocenters. The zero-order chi connectivity index (χ0) is 19.4. The summed E-state index contributed by atoms with van der Waals surface area (Å²) in [5.74, 6) is 0.964. The zero-order valence-electron chi connectivity index (χ0n) is 16.4. The number of piperidine rings is 1. The van der Waals surface area contributed by atoms with E-state index in [1.165, 1.54) is 0 Å². The van der Waals surface area contributed by atoms with Crippen LogP contribution in [0.15, 0.2) is 18.6 Å². The topological polar surface area (TPSA) is 78.9 Å². The van der Waals surface area contributed by atoms with E-state index in [1.54, 1.807) is 23.5 Å². The number of hydrogen-bond acceptors (Lipinski definition) is 6. The molecule has 3 heterocycles. The summed E-state index contributed by atoms with van der Waals surface area (Å²) in [5, 5.41) is 0. The average molecular weight is 375 g/mol. The van der Waals surface area contributed by atoms with Gasteiger partial charge in [0, 0.05) is 51.7 Å². The van der Waals surface area contributed by atoms with E-state index in [-0.39, 0.29) is 17.9 Å². The van der Waals surface area contributed by atoms with Crippen LogP contribution in [0.5, 0.6) is 0 Å². The Bertz CT molecular complexity index is 653. The van der Waals surface area contributed by atoms with Crippen molar-refractivity contribution in [2.45, 2.75) is 39.2 Å². The lowest BCUT2D eigenvalue weighted by molar-refractivity contribution is -0.137. The summed E-state index contributed by atoms with van der Waals surface area (Å²) in [7, 11) is 0. The summed E-state index contributed by atoms with van der Waals surface area (Å²) in [4.78, 5) is 39.3. The van der Waals surface area contributed by atoms with Gasteiger partial charge in [-0.05, 0) is 33.6 Å². The number of hydrogen-bond donors (Lipinski definition) is 0. The monoisotopic (exact) mass is 375 g/mol. The molecule has 1 aromatic heterocycles. The van der Waals surface area contributed by atoms with E-state index in [0.717, 1.165) is 25.2 Å². The molecule has 8 heteroatoms. The van der Waals surface area contributed by atoms with Gasteiger partial charge in [0.1, 0.15) is 11.4 Å². The Morgan fingerprint density at radius 1 is 1.07 bits per heavy atom. The molecule has 27 heavy (non-hydrogen) atoms. The maximum absolute atomic E-state index is 13.0. The second kappa shape index (κ2) is 8.10. The predicted octanol–water partition coefficient (Wildman–Crippen LogP) is 1.77. The van der Waals surface area contributed by atoms with E-state index in [1.807, 2.05) is 25.7 Å². The van der Waals surface area contributed by atoms with Gasteiger partial charge in [0.15, 0.2) is 0 Å². The van der Waals surface area contributed by atoms with Gasteiger partial charge in [-0.15, -0.1) is 0 Å². The van der Waals surface area contributed by atoms with Crippen LogP contribution < -0.4 is 4.90 Å². The SMILES string of the molecule is CC(C)(C)OC(=O)N1CCN(C(=O)C2CCCN(c3cnccn3)C2)CC1. The minimum Gasteiger partial charge on any atom is -0.444 e. The van der Waals surface area contributed by atoms with Crippen LogP contribution in [0, 0.1) is 5.92 Å². The number of carbonyl (C=O) groups is 2. The Morgan fingerprint density at radius 2 is 1.78 bits per heavy atom. The van der Waals surface area contributed by atoms with Crippen LogP contribution >= 0.6 is 0 Å². The number of ether oxygens (including phenoxy) is 1. The predicted molar refractivity (Wildman–Crippen MR) is 101 cm³/mol. The fourth-order valence-electron chi connectivity index (χ4n) is 3.54. The molecule has 1 aromatic rings. The summed E-state index contributed by atoms with van der Waals surface area (Å²) in [6.45, 7) is 9.28. The highest BCUT2D eigenvalue weighted by molar-refractivity contribution is 5.80. The highest BCUT2D eigenvalue weighted by Gasteiger charge is 2.33. The van der Waals surface area contributed by atoms with E-state index in [4.69, 9.17) is 4.74 Å². The maximum atomic E-state index is 13.0. The molecule has 3 rings (SSSR count). The highest BCUT2D eigenvalue weighted by Crippen LogP contribution is 2.23. The molecule has 8 nitrogen and oxygen atoms in total. The van der Waals surface area contributed by atoms with Gasteiger partial charge < -0.3 is 19.4 Å². The minimum atomic E-state index is -0.504. The van der Waals surface area contributed by atoms with Crippen molar-refractivity contribution in [3.05, 3.63) is 18.6 Å². The van der Waals surface area contributed by atoms with Crippen LogP contribution in [0.25, 0.3) is 0 Å². The Balaban J connectivity index is 1.52. The Kier molecular flexibility index (Phi) is 5.82. The first-order valence-electron chi connectivity index (χ1n) is 9.61. The Labute approximate surface area is 160 Å². The highest BCUT2D eigenvalue weighted by atomic mass is 16.6. The summed E-state index contributed by atoms with van der Waals surface area (Å²) in [5.41, 5.74) is -0.504. The van der Waals surface area contributed by atoms with E-state index < -0.39 is 5.60 Å². The first-order valence-corrected chi connectivity index (χ1v) is 9.61. The molecule has 0 aliphatic carbocycles. The summed E-state index contributed by atoms with van der Waals surface area (Å²) >= 11 is 0. The van der Waals surface area contributed by atoms with Crippen LogP contribution in [0.1, 0.15) is 33.6 Å². The van der Waals surface area contributed by atoms with Crippen LogP contribution in [0.2, 0.25) is 0 Å². The third-order valence-electron chi connectivity index (χ3n) is 4.89. The maximum Gasteiger partial charge on any atom is 0.410 e. The van der Waals surface area contributed by atoms with Gasteiger partial charge in [0.05, 0.1) is 12.1 Å². The van der Waals surface area contributed by atoms with Crippen molar-refractivity contribution in [2.75, 3.05) is 44.2 Å². The summed E-state index contributed by atoms with van der Waals surface area (Å²) in [6.07, 6.45) is 6.62. The lowest BCUT2D eigenvalue weighted by Gasteiger charge is -2.39. The Hall–Kier alpha value is -2.38. The Morgan fingerprint density at radius 3 is 2.41 bits per heavy atom. The summed E-state index contributed by atoms with van der Waals surface area (Å²) < 4.78 is 5.42.